The molecule has 0 heterocycles. The summed E-state index contributed by atoms with van der Waals surface area (Å²) in [5, 5.41) is 43.4. The van der Waals surface area contributed by atoms with Crippen molar-refractivity contribution in [1.82, 2.24) is 0 Å². The summed E-state index contributed by atoms with van der Waals surface area (Å²) in [6.07, 6.45) is 0. The molecule has 26 heavy (non-hydrogen) atoms. The number of fused-ring (bicyclic) bond motifs is 1. The maximum Gasteiger partial charge on any atom is 1.00 e. The van der Waals surface area contributed by atoms with Gasteiger partial charge in [0.1, 0.15) is 0 Å². The van der Waals surface area contributed by atoms with E-state index in [0.29, 0.717) is 6.07 Å². The predicted octanol–water partition coefficient (Wildman–Crippen LogP) is -15.7. The summed E-state index contributed by atoms with van der Waals surface area (Å²) >= 11 is 0. The molecule has 0 aliphatic rings. The molecule has 0 unspecified atom stereocenters. The van der Waals surface area contributed by atoms with Crippen LogP contribution in [0.25, 0.3) is 10.8 Å². The van der Waals surface area contributed by atoms with Crippen LogP contribution in [0, 0.1) is 0 Å². The summed E-state index contributed by atoms with van der Waals surface area (Å²) < 4.78 is 0. The number of carbonyl (C=O) groups excluding carboxylic acids is 4. The number of benzene rings is 2. The molecule has 12 heteroatoms. The molecule has 0 N–H and O–H groups in total. The maximum absolute atomic E-state index is 11.2. The van der Waals surface area contributed by atoms with Crippen LogP contribution >= 0.6 is 0 Å². The van der Waals surface area contributed by atoms with Gasteiger partial charge in [-0.3, -0.25) is 0 Å². The Bertz CT molecular complexity index is 866. The van der Waals surface area contributed by atoms with E-state index in [0.717, 1.165) is 18.2 Å². The number of rotatable bonds is 4. The van der Waals surface area contributed by atoms with Gasteiger partial charge in [-0.1, -0.05) is 12.1 Å². The van der Waals surface area contributed by atoms with Crippen LogP contribution in [0.1, 0.15) is 41.4 Å². The van der Waals surface area contributed by atoms with Crippen molar-refractivity contribution in [3.63, 3.8) is 0 Å². The quantitative estimate of drug-likeness (QED) is 0.464. The van der Waals surface area contributed by atoms with Crippen LogP contribution in [0.3, 0.4) is 0 Å². The minimum atomic E-state index is -1.96. The first-order chi connectivity index (χ1) is 10.2. The molecule has 0 spiro atoms. The second-order valence-electron chi connectivity index (χ2n) is 4.26. The summed E-state index contributed by atoms with van der Waals surface area (Å²) in [5.41, 5.74) is -2.93. The van der Waals surface area contributed by atoms with Gasteiger partial charge in [0.2, 0.25) is 0 Å². The molecule has 8 nitrogen and oxygen atoms in total. The van der Waals surface area contributed by atoms with Gasteiger partial charge in [0.05, 0.1) is 23.9 Å². The fraction of sp³-hybridized carbons (Fsp3) is 0. The van der Waals surface area contributed by atoms with Crippen LogP contribution in [0.4, 0.5) is 0 Å². The molecule has 0 aliphatic carbocycles. The van der Waals surface area contributed by atoms with Crippen molar-refractivity contribution in [2.75, 3.05) is 0 Å². The van der Waals surface area contributed by atoms with E-state index >= 15 is 0 Å². The van der Waals surface area contributed by atoms with Crippen molar-refractivity contribution in [2.24, 2.45) is 0 Å². The first kappa shape index (κ1) is 31.3. The van der Waals surface area contributed by atoms with Gasteiger partial charge in [-0.15, -0.1) is 0 Å². The number of aromatic carboxylic acids is 4. The standard InChI is InChI=1S/C14H8O8.4Na/c15-11(16)5-1-2-6-7(3-5)10(14(21)22)9(13(19)20)4-8(6)12(17)18;;;;/h1-4H,(H,15,16)(H,17,18)(H,19,20)(H,21,22);;;;/q;4*+1/p-4. The first-order valence-corrected chi connectivity index (χ1v) is 5.70. The molecule has 0 radical (unpaired) electrons. The SMILES string of the molecule is O=C([O-])c1ccc2c(C(=O)[O-])cc(C(=O)[O-])c(C(=O)[O-])c2c1.[Na+].[Na+].[Na+].[Na+]. The molecule has 0 saturated heterocycles. The second-order valence-corrected chi connectivity index (χ2v) is 4.26. The molecule has 0 aliphatic heterocycles. The van der Waals surface area contributed by atoms with E-state index in [9.17, 15) is 39.6 Å². The molecule has 112 valence electrons. The van der Waals surface area contributed by atoms with Crippen LogP contribution in [-0.2, 0) is 0 Å². The zero-order valence-electron chi connectivity index (χ0n) is 14.6. The van der Waals surface area contributed by atoms with E-state index in [-0.39, 0.29) is 124 Å². The van der Waals surface area contributed by atoms with Crippen molar-refractivity contribution in [3.8, 4) is 0 Å². The van der Waals surface area contributed by atoms with Crippen molar-refractivity contribution >= 4 is 34.6 Å². The molecule has 2 aromatic rings. The van der Waals surface area contributed by atoms with E-state index in [1.807, 2.05) is 0 Å². The van der Waals surface area contributed by atoms with Crippen LogP contribution in [0.2, 0.25) is 0 Å². The maximum atomic E-state index is 11.2. The third-order valence-electron chi connectivity index (χ3n) is 3.02. The van der Waals surface area contributed by atoms with Gasteiger partial charge in [-0.2, -0.15) is 0 Å². The molecule has 2 rings (SSSR count). The third kappa shape index (κ3) is 6.58. The summed E-state index contributed by atoms with van der Waals surface area (Å²) in [6, 6.07) is 3.35. The second kappa shape index (κ2) is 12.9. The van der Waals surface area contributed by atoms with E-state index in [2.05, 4.69) is 0 Å². The number of carboxylic acid groups (broad SMARTS) is 4. The Kier molecular flexibility index (Phi) is 15.5. The molecule has 0 amide bonds. The fourth-order valence-electron chi connectivity index (χ4n) is 2.10. The Labute approximate surface area is 235 Å². The van der Waals surface area contributed by atoms with Gasteiger partial charge < -0.3 is 39.6 Å². The zero-order chi connectivity index (χ0) is 16.6. The minimum absolute atomic E-state index is 0. The largest absolute Gasteiger partial charge is 1.00 e. The monoisotopic (exact) mass is 392 g/mol. The van der Waals surface area contributed by atoms with Crippen molar-refractivity contribution in [3.05, 3.63) is 46.5 Å². The van der Waals surface area contributed by atoms with Gasteiger partial charge in [-0.05, 0) is 28.5 Å². The Morgan fingerprint density at radius 2 is 1.08 bits per heavy atom. The molecule has 0 fully saturated rings. The molecular weight excluding hydrogens is 388 g/mol. The van der Waals surface area contributed by atoms with Crippen molar-refractivity contribution < 1.29 is 158 Å². The number of carbonyl (C=O) groups is 4. The topological polar surface area (TPSA) is 161 Å². The smallest absolute Gasteiger partial charge is 0.545 e. The Balaban J connectivity index is -0.00000132. The van der Waals surface area contributed by atoms with Gasteiger partial charge in [0.25, 0.3) is 0 Å². The van der Waals surface area contributed by atoms with E-state index in [4.69, 9.17) is 0 Å². The van der Waals surface area contributed by atoms with Crippen LogP contribution in [-0.4, -0.2) is 23.9 Å². The summed E-state index contributed by atoms with van der Waals surface area (Å²) in [4.78, 5) is 44.1. The minimum Gasteiger partial charge on any atom is -0.545 e. The average molecular weight is 392 g/mol. The van der Waals surface area contributed by atoms with Crippen LogP contribution < -0.4 is 139 Å². The van der Waals surface area contributed by atoms with Crippen LogP contribution in [0.5, 0.6) is 0 Å². The summed E-state index contributed by atoms with van der Waals surface area (Å²) in [5.74, 6) is -7.30. The third-order valence-corrected chi connectivity index (χ3v) is 3.02. The first-order valence-electron chi connectivity index (χ1n) is 5.70. The molecule has 0 aromatic heterocycles. The van der Waals surface area contributed by atoms with Crippen LogP contribution in [0.15, 0.2) is 24.3 Å². The Morgan fingerprint density at radius 1 is 0.577 bits per heavy atom. The molecule has 0 saturated carbocycles. The molecular formula is C14H4Na4O8. The fourth-order valence-corrected chi connectivity index (χ4v) is 2.10. The van der Waals surface area contributed by atoms with Crippen molar-refractivity contribution in [2.45, 2.75) is 0 Å². The summed E-state index contributed by atoms with van der Waals surface area (Å²) in [6.45, 7) is 0. The van der Waals surface area contributed by atoms with E-state index in [1.165, 1.54) is 0 Å². The number of carboxylic acids is 4. The van der Waals surface area contributed by atoms with E-state index < -0.39 is 51.5 Å². The number of hydrogen-bond donors (Lipinski definition) is 0. The summed E-state index contributed by atoms with van der Waals surface area (Å²) in [7, 11) is 0. The van der Waals surface area contributed by atoms with Gasteiger partial charge in [0, 0.05) is 16.7 Å². The Hall–Kier alpha value is 0.580. The average Bonchev–Trinajstić information content (AvgIpc) is 2.43. The van der Waals surface area contributed by atoms with Gasteiger partial charge >= 0.3 is 118 Å². The normalized spacial score (nSPS) is 8.77. The molecule has 0 atom stereocenters. The molecule has 2 aromatic carbocycles. The van der Waals surface area contributed by atoms with E-state index in [1.54, 1.807) is 0 Å². The molecule has 0 bridgehead atoms. The van der Waals surface area contributed by atoms with Crippen molar-refractivity contribution in [1.29, 1.82) is 0 Å². The van der Waals surface area contributed by atoms with Gasteiger partial charge in [0.15, 0.2) is 0 Å². The Morgan fingerprint density at radius 3 is 1.46 bits per heavy atom. The van der Waals surface area contributed by atoms with Gasteiger partial charge in [-0.25, -0.2) is 0 Å². The zero-order valence-corrected chi connectivity index (χ0v) is 22.6. The number of hydrogen-bond acceptors (Lipinski definition) is 8. The predicted molar refractivity (Wildman–Crippen MR) is 61.3 cm³/mol.